The van der Waals surface area contributed by atoms with Gasteiger partial charge >= 0.3 is 0 Å². The topological polar surface area (TPSA) is 90.1 Å². The van der Waals surface area contributed by atoms with Crippen LogP contribution in [0.25, 0.3) is 11.5 Å². The number of methoxy groups -OCH3 is 1. The minimum absolute atomic E-state index is 0.187. The molecule has 0 saturated carbocycles. The summed E-state index contributed by atoms with van der Waals surface area (Å²) in [6.45, 7) is 0.390. The SMILES string of the molecule is COc1ccccc1-c1nnc(CCNC(=O)c2cccnc2)o1. The van der Waals surface area contributed by atoms with Gasteiger partial charge in [0.2, 0.25) is 5.89 Å². The van der Waals surface area contributed by atoms with E-state index in [0.29, 0.717) is 36.1 Å². The average molecular weight is 324 g/mol. The fourth-order valence-corrected chi connectivity index (χ4v) is 2.17. The minimum atomic E-state index is -0.187. The summed E-state index contributed by atoms with van der Waals surface area (Å²) in [5, 5.41) is 10.8. The average Bonchev–Trinajstić information content (AvgIpc) is 3.11. The van der Waals surface area contributed by atoms with E-state index in [1.54, 1.807) is 25.4 Å². The molecule has 2 aromatic heterocycles. The summed E-state index contributed by atoms with van der Waals surface area (Å²) in [5.74, 6) is 1.31. The van der Waals surface area contributed by atoms with Crippen LogP contribution in [0, 0.1) is 0 Å². The van der Waals surface area contributed by atoms with Crippen molar-refractivity contribution in [3.63, 3.8) is 0 Å². The van der Waals surface area contributed by atoms with E-state index in [2.05, 4.69) is 20.5 Å². The third kappa shape index (κ3) is 3.57. The summed E-state index contributed by atoms with van der Waals surface area (Å²) < 4.78 is 10.9. The van der Waals surface area contributed by atoms with Crippen LogP contribution in [-0.4, -0.2) is 34.7 Å². The van der Waals surface area contributed by atoms with E-state index in [0.717, 1.165) is 5.56 Å². The van der Waals surface area contributed by atoms with Gasteiger partial charge in [0.1, 0.15) is 5.75 Å². The lowest BCUT2D eigenvalue weighted by Crippen LogP contribution is -2.25. The zero-order chi connectivity index (χ0) is 16.8. The Morgan fingerprint density at radius 3 is 2.88 bits per heavy atom. The van der Waals surface area contributed by atoms with Crippen molar-refractivity contribution in [1.82, 2.24) is 20.5 Å². The maximum Gasteiger partial charge on any atom is 0.252 e. The number of ether oxygens (including phenoxy) is 1. The van der Waals surface area contributed by atoms with Crippen LogP contribution in [-0.2, 0) is 6.42 Å². The van der Waals surface area contributed by atoms with Gasteiger partial charge in [-0.3, -0.25) is 9.78 Å². The van der Waals surface area contributed by atoms with Crippen LogP contribution in [0.1, 0.15) is 16.2 Å². The highest BCUT2D eigenvalue weighted by atomic mass is 16.5. The van der Waals surface area contributed by atoms with Gasteiger partial charge in [-0.15, -0.1) is 10.2 Å². The number of para-hydroxylation sites is 1. The second kappa shape index (κ2) is 7.36. The van der Waals surface area contributed by atoms with Gasteiger partial charge in [-0.25, -0.2) is 0 Å². The number of nitrogens with one attached hydrogen (secondary N) is 1. The van der Waals surface area contributed by atoms with E-state index < -0.39 is 0 Å². The molecule has 0 bridgehead atoms. The molecule has 122 valence electrons. The van der Waals surface area contributed by atoms with Crippen molar-refractivity contribution in [2.24, 2.45) is 0 Å². The first-order chi connectivity index (χ1) is 11.8. The van der Waals surface area contributed by atoms with Crippen molar-refractivity contribution in [3.8, 4) is 17.2 Å². The van der Waals surface area contributed by atoms with Crippen molar-refractivity contribution in [1.29, 1.82) is 0 Å². The fourth-order valence-electron chi connectivity index (χ4n) is 2.17. The van der Waals surface area contributed by atoms with Crippen LogP contribution in [0.2, 0.25) is 0 Å². The molecular formula is C17H16N4O3. The van der Waals surface area contributed by atoms with Crippen LogP contribution in [0.3, 0.4) is 0 Å². The van der Waals surface area contributed by atoms with Gasteiger partial charge in [-0.1, -0.05) is 12.1 Å². The maximum atomic E-state index is 11.9. The number of hydrogen-bond acceptors (Lipinski definition) is 6. The smallest absolute Gasteiger partial charge is 0.252 e. The molecule has 1 amide bonds. The second-order valence-corrected chi connectivity index (χ2v) is 4.95. The standard InChI is InChI=1S/C17H16N4O3/c1-23-14-7-3-2-6-13(14)17-21-20-15(24-17)8-10-19-16(22)12-5-4-9-18-11-12/h2-7,9,11H,8,10H2,1H3,(H,19,22). The predicted octanol–water partition coefficient (Wildman–Crippen LogP) is 2.11. The molecule has 0 saturated heterocycles. The molecule has 7 nitrogen and oxygen atoms in total. The first-order valence-electron chi connectivity index (χ1n) is 7.42. The van der Waals surface area contributed by atoms with Crippen LogP contribution < -0.4 is 10.1 Å². The molecule has 0 unspecified atom stereocenters. The largest absolute Gasteiger partial charge is 0.496 e. The van der Waals surface area contributed by atoms with Crippen molar-refractivity contribution >= 4 is 5.91 Å². The third-order valence-corrected chi connectivity index (χ3v) is 3.35. The lowest BCUT2D eigenvalue weighted by Gasteiger charge is -2.03. The van der Waals surface area contributed by atoms with Crippen LogP contribution in [0.4, 0.5) is 0 Å². The summed E-state index contributed by atoms with van der Waals surface area (Å²) in [7, 11) is 1.59. The Kier molecular flexibility index (Phi) is 4.81. The van der Waals surface area contributed by atoms with Crippen molar-refractivity contribution in [2.45, 2.75) is 6.42 Å². The van der Waals surface area contributed by atoms with E-state index in [1.165, 1.54) is 6.20 Å². The first-order valence-corrected chi connectivity index (χ1v) is 7.42. The molecule has 1 N–H and O–H groups in total. The molecule has 0 aliphatic heterocycles. The Balaban J connectivity index is 1.60. The molecule has 3 aromatic rings. The van der Waals surface area contributed by atoms with Gasteiger partial charge in [-0.2, -0.15) is 0 Å². The molecule has 0 spiro atoms. The predicted molar refractivity (Wildman–Crippen MR) is 86.6 cm³/mol. The minimum Gasteiger partial charge on any atom is -0.496 e. The summed E-state index contributed by atoms with van der Waals surface area (Å²) in [6.07, 6.45) is 3.57. The summed E-state index contributed by atoms with van der Waals surface area (Å²) in [6, 6.07) is 10.8. The van der Waals surface area contributed by atoms with Crippen LogP contribution in [0.15, 0.2) is 53.2 Å². The van der Waals surface area contributed by atoms with E-state index in [-0.39, 0.29) is 5.91 Å². The molecule has 0 aliphatic rings. The monoisotopic (exact) mass is 324 g/mol. The highest BCUT2D eigenvalue weighted by Crippen LogP contribution is 2.28. The van der Waals surface area contributed by atoms with Crippen molar-refractivity contribution < 1.29 is 13.9 Å². The highest BCUT2D eigenvalue weighted by Gasteiger charge is 2.13. The van der Waals surface area contributed by atoms with Crippen LogP contribution in [0.5, 0.6) is 5.75 Å². The fraction of sp³-hybridized carbons (Fsp3) is 0.176. The highest BCUT2D eigenvalue weighted by molar-refractivity contribution is 5.93. The molecule has 0 radical (unpaired) electrons. The molecule has 3 rings (SSSR count). The Morgan fingerprint density at radius 2 is 2.08 bits per heavy atom. The van der Waals surface area contributed by atoms with Gasteiger partial charge in [0.05, 0.1) is 18.2 Å². The van der Waals surface area contributed by atoms with E-state index in [4.69, 9.17) is 9.15 Å². The zero-order valence-electron chi connectivity index (χ0n) is 13.1. The summed E-state index contributed by atoms with van der Waals surface area (Å²) in [5.41, 5.74) is 1.25. The Hall–Kier alpha value is -3.22. The molecular weight excluding hydrogens is 308 g/mol. The zero-order valence-corrected chi connectivity index (χ0v) is 13.1. The third-order valence-electron chi connectivity index (χ3n) is 3.35. The van der Waals surface area contributed by atoms with Crippen LogP contribution >= 0.6 is 0 Å². The quantitative estimate of drug-likeness (QED) is 0.747. The molecule has 2 heterocycles. The number of hydrogen-bond donors (Lipinski definition) is 1. The number of benzene rings is 1. The van der Waals surface area contributed by atoms with Crippen molar-refractivity contribution in [2.75, 3.05) is 13.7 Å². The maximum absolute atomic E-state index is 11.9. The summed E-state index contributed by atoms with van der Waals surface area (Å²) in [4.78, 5) is 15.8. The summed E-state index contributed by atoms with van der Waals surface area (Å²) >= 11 is 0. The van der Waals surface area contributed by atoms with Gasteiger partial charge in [0.25, 0.3) is 11.8 Å². The van der Waals surface area contributed by atoms with E-state index in [1.807, 2.05) is 24.3 Å². The normalized spacial score (nSPS) is 10.4. The van der Waals surface area contributed by atoms with Gasteiger partial charge in [-0.05, 0) is 24.3 Å². The number of amides is 1. The lowest BCUT2D eigenvalue weighted by molar-refractivity contribution is 0.0953. The molecule has 24 heavy (non-hydrogen) atoms. The molecule has 0 atom stereocenters. The lowest BCUT2D eigenvalue weighted by atomic mass is 10.2. The van der Waals surface area contributed by atoms with Gasteiger partial charge in [0, 0.05) is 25.4 Å². The number of carbonyl (C=O) groups excluding carboxylic acids is 1. The Labute approximate surface area is 138 Å². The van der Waals surface area contributed by atoms with E-state index >= 15 is 0 Å². The van der Waals surface area contributed by atoms with Crippen molar-refractivity contribution in [3.05, 3.63) is 60.2 Å². The number of pyridine rings is 1. The molecule has 7 heteroatoms. The number of aromatic nitrogens is 3. The van der Waals surface area contributed by atoms with Gasteiger partial charge < -0.3 is 14.5 Å². The van der Waals surface area contributed by atoms with E-state index in [9.17, 15) is 4.79 Å². The molecule has 1 aromatic carbocycles. The van der Waals surface area contributed by atoms with Gasteiger partial charge in [0.15, 0.2) is 0 Å². The number of nitrogens with zero attached hydrogens (tertiary/aromatic N) is 3. The second-order valence-electron chi connectivity index (χ2n) is 4.95. The Morgan fingerprint density at radius 1 is 1.21 bits per heavy atom. The molecule has 0 aliphatic carbocycles. The number of rotatable bonds is 6. The Bertz CT molecular complexity index is 817. The number of carbonyl (C=O) groups is 1. The molecule has 0 fully saturated rings. The first kappa shape index (κ1) is 15.7.